The van der Waals surface area contributed by atoms with Gasteiger partial charge in [0.1, 0.15) is 0 Å². The van der Waals surface area contributed by atoms with E-state index >= 15 is 0 Å². The Labute approximate surface area is 209 Å². The summed E-state index contributed by atoms with van der Waals surface area (Å²) < 4.78 is 0. The molecule has 4 rings (SSSR count). The molecule has 0 saturated carbocycles. The van der Waals surface area contributed by atoms with Crippen molar-refractivity contribution in [2.45, 2.75) is 32.7 Å². The van der Waals surface area contributed by atoms with E-state index in [1.807, 2.05) is 54.6 Å². The Kier molecular flexibility index (Phi) is 7.54. The molecule has 3 aromatic carbocycles. The number of benzene rings is 3. The van der Waals surface area contributed by atoms with Gasteiger partial charge in [0, 0.05) is 28.4 Å². The summed E-state index contributed by atoms with van der Waals surface area (Å²) in [7, 11) is 0. The van der Waals surface area contributed by atoms with E-state index in [-0.39, 0.29) is 18.3 Å². The van der Waals surface area contributed by atoms with E-state index in [0.29, 0.717) is 28.2 Å². The third-order valence-electron chi connectivity index (χ3n) is 5.95. The summed E-state index contributed by atoms with van der Waals surface area (Å²) in [6.45, 7) is 5.07. The van der Waals surface area contributed by atoms with Gasteiger partial charge in [0.15, 0.2) is 5.88 Å². The van der Waals surface area contributed by atoms with E-state index in [1.165, 1.54) is 0 Å². The summed E-state index contributed by atoms with van der Waals surface area (Å²) in [5.41, 5.74) is 5.42. The maximum absolute atomic E-state index is 11.1. The Hall–Kier alpha value is -3.61. The van der Waals surface area contributed by atoms with Gasteiger partial charge in [-0.25, -0.2) is 4.99 Å². The van der Waals surface area contributed by atoms with Gasteiger partial charge < -0.3 is 20.5 Å². The Morgan fingerprint density at radius 2 is 1.89 bits per heavy atom. The molecule has 0 amide bonds. The molecule has 0 bridgehead atoms. The van der Waals surface area contributed by atoms with E-state index in [2.05, 4.69) is 24.1 Å². The maximum Gasteiger partial charge on any atom is 0.303 e. The highest BCUT2D eigenvalue weighted by atomic mass is 35.5. The van der Waals surface area contributed by atoms with Crippen molar-refractivity contribution in [3.8, 4) is 5.88 Å². The number of carbonyl (C=O) groups is 1. The lowest BCUT2D eigenvalue weighted by atomic mass is 9.97. The number of nitrogens with one attached hydrogen (secondary N) is 2. The molecule has 1 atom stereocenters. The Bertz CT molecular complexity index is 1380. The molecule has 6 nitrogen and oxygen atoms in total. The highest BCUT2D eigenvalue weighted by Crippen LogP contribution is 2.33. The lowest BCUT2D eigenvalue weighted by Gasteiger charge is -2.13. The molecule has 0 fully saturated rings. The van der Waals surface area contributed by atoms with Crippen LogP contribution in [0.4, 0.5) is 5.69 Å². The number of aliphatic carboxylic acids is 1. The number of carboxylic acids is 1. The number of aryl methyl sites for hydroxylation is 1. The number of carboxylic acid groups (broad SMARTS) is 1. The van der Waals surface area contributed by atoms with Crippen molar-refractivity contribution in [1.82, 2.24) is 10.3 Å². The highest BCUT2D eigenvalue weighted by Gasteiger charge is 2.19. The van der Waals surface area contributed by atoms with Crippen LogP contribution < -0.4 is 5.32 Å². The van der Waals surface area contributed by atoms with Gasteiger partial charge in [-0.3, -0.25) is 4.79 Å². The van der Waals surface area contributed by atoms with Crippen LogP contribution in [0.5, 0.6) is 5.88 Å². The first-order valence-corrected chi connectivity index (χ1v) is 12.0. The quantitative estimate of drug-likeness (QED) is 0.205. The first-order valence-electron chi connectivity index (χ1n) is 11.6. The summed E-state index contributed by atoms with van der Waals surface area (Å²) in [5.74, 6) is -0.850. The first-order chi connectivity index (χ1) is 16.9. The normalized spacial score (nSPS) is 12.7. The second kappa shape index (κ2) is 10.8. The van der Waals surface area contributed by atoms with Gasteiger partial charge in [0.05, 0.1) is 22.5 Å². The number of fused-ring (bicyclic) bond motifs is 1. The monoisotopic (exact) mass is 489 g/mol. The zero-order chi connectivity index (χ0) is 24.9. The van der Waals surface area contributed by atoms with Crippen molar-refractivity contribution in [2.24, 2.45) is 4.99 Å². The molecule has 180 valence electrons. The summed E-state index contributed by atoms with van der Waals surface area (Å²) in [5, 5.41) is 24.7. The van der Waals surface area contributed by atoms with Crippen molar-refractivity contribution in [3.05, 3.63) is 94.0 Å². The first kappa shape index (κ1) is 24.5. The van der Waals surface area contributed by atoms with Gasteiger partial charge in [0.2, 0.25) is 0 Å². The van der Waals surface area contributed by atoms with Crippen LogP contribution >= 0.6 is 11.6 Å². The number of aliphatic imine (C=N–C) groups is 1. The van der Waals surface area contributed by atoms with E-state index < -0.39 is 5.97 Å². The van der Waals surface area contributed by atoms with Gasteiger partial charge >= 0.3 is 5.97 Å². The summed E-state index contributed by atoms with van der Waals surface area (Å²) >= 11 is 6.17. The number of aromatic nitrogens is 1. The molecule has 35 heavy (non-hydrogen) atoms. The number of halogens is 1. The van der Waals surface area contributed by atoms with E-state index in [1.54, 1.807) is 12.1 Å². The minimum Gasteiger partial charge on any atom is -0.494 e. The summed E-state index contributed by atoms with van der Waals surface area (Å²) in [6, 6.07) is 21.2. The zero-order valence-corrected chi connectivity index (χ0v) is 20.4. The van der Waals surface area contributed by atoms with Crippen molar-refractivity contribution < 1.29 is 15.0 Å². The molecule has 7 heteroatoms. The number of hydrogen-bond donors (Lipinski definition) is 4. The molecule has 0 saturated heterocycles. The molecule has 0 aliphatic rings. The Morgan fingerprint density at radius 1 is 1.11 bits per heavy atom. The zero-order valence-electron chi connectivity index (χ0n) is 19.7. The topological polar surface area (TPSA) is 97.7 Å². The van der Waals surface area contributed by atoms with Crippen LogP contribution in [0.2, 0.25) is 5.02 Å². The number of aromatic hydroxyl groups is 1. The number of aromatic amines is 1. The third-order valence-corrected chi connectivity index (χ3v) is 6.18. The molecule has 1 aromatic heterocycles. The smallest absolute Gasteiger partial charge is 0.303 e. The van der Waals surface area contributed by atoms with Crippen LogP contribution in [0.15, 0.2) is 71.7 Å². The van der Waals surface area contributed by atoms with Crippen LogP contribution in [0.25, 0.3) is 10.9 Å². The molecular formula is C28H28ClN3O3. The van der Waals surface area contributed by atoms with E-state index in [0.717, 1.165) is 34.3 Å². The molecule has 0 aliphatic heterocycles. The number of H-pyrrole nitrogens is 1. The average Bonchev–Trinajstić information content (AvgIpc) is 3.16. The molecule has 4 N–H and O–H groups in total. The van der Waals surface area contributed by atoms with Crippen LogP contribution in [0.1, 0.15) is 48.6 Å². The highest BCUT2D eigenvalue weighted by molar-refractivity contribution is 6.31. The lowest BCUT2D eigenvalue weighted by molar-refractivity contribution is -0.136. The minimum absolute atomic E-state index is 0.00524. The van der Waals surface area contributed by atoms with Crippen molar-refractivity contribution in [2.75, 3.05) is 6.54 Å². The SMILES string of the molecule is CCNC(C)c1ccc(N=C(c2cccc(CCC(=O)O)c2)c2c(O)[nH]c3cc(Cl)ccc23)cc1. The van der Waals surface area contributed by atoms with Gasteiger partial charge in [-0.05, 0) is 61.3 Å². The Morgan fingerprint density at radius 3 is 2.60 bits per heavy atom. The van der Waals surface area contributed by atoms with Crippen LogP contribution in [-0.2, 0) is 11.2 Å². The molecule has 4 aromatic rings. The fourth-order valence-corrected chi connectivity index (χ4v) is 4.35. The minimum atomic E-state index is -0.845. The molecule has 0 spiro atoms. The molecule has 0 radical (unpaired) electrons. The van der Waals surface area contributed by atoms with Gasteiger partial charge in [-0.15, -0.1) is 0 Å². The molecule has 1 unspecified atom stereocenters. The maximum atomic E-state index is 11.1. The van der Waals surface area contributed by atoms with Crippen molar-refractivity contribution in [3.63, 3.8) is 0 Å². The van der Waals surface area contributed by atoms with E-state index in [4.69, 9.17) is 21.7 Å². The van der Waals surface area contributed by atoms with Crippen LogP contribution in [0.3, 0.4) is 0 Å². The van der Waals surface area contributed by atoms with Crippen molar-refractivity contribution in [1.29, 1.82) is 0 Å². The van der Waals surface area contributed by atoms with Gasteiger partial charge in [-0.2, -0.15) is 0 Å². The molecular weight excluding hydrogens is 462 g/mol. The van der Waals surface area contributed by atoms with E-state index in [9.17, 15) is 9.90 Å². The second-order valence-electron chi connectivity index (χ2n) is 8.46. The number of nitrogens with zero attached hydrogens (tertiary/aromatic N) is 1. The van der Waals surface area contributed by atoms with Crippen LogP contribution in [-0.4, -0.2) is 33.4 Å². The predicted octanol–water partition coefficient (Wildman–Crippen LogP) is 6.38. The lowest BCUT2D eigenvalue weighted by Crippen LogP contribution is -2.17. The fraction of sp³-hybridized carbons (Fsp3) is 0.214. The number of rotatable bonds is 9. The average molecular weight is 490 g/mol. The molecule has 1 heterocycles. The summed E-state index contributed by atoms with van der Waals surface area (Å²) in [4.78, 5) is 19.0. The van der Waals surface area contributed by atoms with Gasteiger partial charge in [-0.1, -0.05) is 54.9 Å². The Balaban J connectivity index is 1.83. The molecule has 0 aliphatic carbocycles. The fourth-order valence-electron chi connectivity index (χ4n) is 4.18. The number of hydrogen-bond acceptors (Lipinski definition) is 4. The van der Waals surface area contributed by atoms with Crippen molar-refractivity contribution >= 4 is 39.9 Å². The summed E-state index contributed by atoms with van der Waals surface area (Å²) in [6.07, 6.45) is 0.446. The van der Waals surface area contributed by atoms with Crippen LogP contribution in [0, 0.1) is 0 Å². The largest absolute Gasteiger partial charge is 0.494 e. The standard InChI is InChI=1S/C28H28ClN3O3/c1-3-30-17(2)19-8-11-22(12-9-19)31-27(20-6-4-5-18(15-20)7-14-25(33)34)26-23-13-10-21(29)16-24(23)32-28(26)35/h4-6,8-13,15-17,30,32,35H,3,7,14H2,1-2H3,(H,33,34). The third kappa shape index (κ3) is 5.73. The predicted molar refractivity (Wildman–Crippen MR) is 141 cm³/mol. The van der Waals surface area contributed by atoms with Gasteiger partial charge in [0.25, 0.3) is 0 Å². The second-order valence-corrected chi connectivity index (χ2v) is 8.90.